The molecule has 0 aliphatic carbocycles. The second-order valence-corrected chi connectivity index (χ2v) is 4.74. The van der Waals surface area contributed by atoms with Crippen molar-refractivity contribution < 1.29 is 9.72 Å². The Labute approximate surface area is 122 Å². The van der Waals surface area contributed by atoms with Gasteiger partial charge in [-0.15, -0.1) is 12.4 Å². The Hall–Kier alpha value is -1.86. The highest BCUT2D eigenvalue weighted by Gasteiger charge is 2.22. The lowest BCUT2D eigenvalue weighted by Crippen LogP contribution is -2.48. The van der Waals surface area contributed by atoms with Crippen LogP contribution in [0.5, 0.6) is 0 Å². The average molecular weight is 301 g/mol. The predicted octanol–water partition coefficient (Wildman–Crippen LogP) is 0.856. The van der Waals surface area contributed by atoms with Crippen LogP contribution in [-0.2, 0) is 0 Å². The monoisotopic (exact) mass is 300 g/mol. The first-order chi connectivity index (χ1) is 8.99. The maximum Gasteiger partial charge on any atom is 0.293 e. The van der Waals surface area contributed by atoms with Crippen LogP contribution in [0.3, 0.4) is 0 Å². The summed E-state index contributed by atoms with van der Waals surface area (Å²) in [5, 5.41) is 16.7. The summed E-state index contributed by atoms with van der Waals surface area (Å²) in [7, 11) is 0. The van der Waals surface area contributed by atoms with E-state index in [0.29, 0.717) is 18.0 Å². The quantitative estimate of drug-likeness (QED) is 0.434. The van der Waals surface area contributed by atoms with Gasteiger partial charge in [0.15, 0.2) is 0 Å². The number of nitrogens with two attached hydrogens (primary N) is 1. The fraction of sp³-hybridized carbons (Fsp3) is 0.417. The number of nitrogen functional groups attached to an aromatic ring is 1. The van der Waals surface area contributed by atoms with Crippen LogP contribution in [0.2, 0.25) is 0 Å². The summed E-state index contributed by atoms with van der Waals surface area (Å²) in [6, 6.07) is 2.93. The van der Waals surface area contributed by atoms with E-state index in [9.17, 15) is 14.9 Å². The van der Waals surface area contributed by atoms with Crippen LogP contribution in [-0.4, -0.2) is 30.5 Å². The van der Waals surface area contributed by atoms with Crippen molar-refractivity contribution in [3.8, 4) is 0 Å². The van der Waals surface area contributed by atoms with E-state index < -0.39 is 4.92 Å². The van der Waals surface area contributed by atoms with Crippen LogP contribution in [0.1, 0.15) is 15.9 Å². The molecule has 2 rings (SSSR count). The number of nitrogens with one attached hydrogen (secondary N) is 2. The van der Waals surface area contributed by atoms with Crippen molar-refractivity contribution in [2.45, 2.75) is 6.92 Å². The molecule has 0 atom stereocenters. The van der Waals surface area contributed by atoms with Gasteiger partial charge in [-0.05, 0) is 18.6 Å². The lowest BCUT2D eigenvalue weighted by atomic mass is 10.0. The number of amides is 1. The minimum Gasteiger partial charge on any atom is -0.393 e. The number of benzene rings is 1. The van der Waals surface area contributed by atoms with E-state index in [1.807, 2.05) is 0 Å². The summed E-state index contributed by atoms with van der Waals surface area (Å²) in [4.78, 5) is 22.3. The maximum atomic E-state index is 12.0. The molecule has 20 heavy (non-hydrogen) atoms. The first-order valence-corrected chi connectivity index (χ1v) is 6.02. The molecule has 110 valence electrons. The zero-order valence-electron chi connectivity index (χ0n) is 11.0. The van der Waals surface area contributed by atoms with E-state index >= 15 is 0 Å². The molecule has 1 fully saturated rings. The van der Waals surface area contributed by atoms with E-state index in [0.717, 1.165) is 13.1 Å². The molecule has 0 spiro atoms. The number of rotatable bonds is 4. The molecule has 8 heteroatoms. The molecule has 7 nitrogen and oxygen atoms in total. The van der Waals surface area contributed by atoms with Gasteiger partial charge in [0, 0.05) is 31.6 Å². The molecule has 1 amide bonds. The van der Waals surface area contributed by atoms with Gasteiger partial charge in [0.1, 0.15) is 5.69 Å². The third kappa shape index (κ3) is 3.37. The lowest BCUT2D eigenvalue weighted by molar-refractivity contribution is -0.384. The highest BCUT2D eigenvalue weighted by atomic mass is 35.5. The molecule has 0 bridgehead atoms. The number of carbonyl (C=O) groups excluding carboxylic acids is 1. The first kappa shape index (κ1) is 16.2. The molecule has 1 aromatic rings. The summed E-state index contributed by atoms with van der Waals surface area (Å²) >= 11 is 0. The minimum atomic E-state index is -0.574. The Bertz CT molecular complexity index is 532. The fourth-order valence-electron chi connectivity index (χ4n) is 1.94. The van der Waals surface area contributed by atoms with Crippen molar-refractivity contribution in [1.29, 1.82) is 0 Å². The number of hydrogen-bond donors (Lipinski definition) is 3. The molecule has 1 aliphatic rings. The van der Waals surface area contributed by atoms with E-state index in [2.05, 4.69) is 10.6 Å². The lowest BCUT2D eigenvalue weighted by Gasteiger charge is -2.27. The number of nitrogens with zero attached hydrogens (tertiary/aromatic N) is 1. The highest BCUT2D eigenvalue weighted by Crippen LogP contribution is 2.27. The van der Waals surface area contributed by atoms with Crippen LogP contribution < -0.4 is 16.4 Å². The second-order valence-electron chi connectivity index (χ2n) is 4.74. The molecule has 4 N–H and O–H groups in total. The first-order valence-electron chi connectivity index (χ1n) is 6.02. The molecular formula is C12H17ClN4O3. The van der Waals surface area contributed by atoms with Gasteiger partial charge < -0.3 is 16.4 Å². The van der Waals surface area contributed by atoms with Crippen LogP contribution in [0.4, 0.5) is 11.4 Å². The topological polar surface area (TPSA) is 110 Å². The summed E-state index contributed by atoms with van der Waals surface area (Å²) in [6.07, 6.45) is 0. The van der Waals surface area contributed by atoms with Crippen molar-refractivity contribution in [2.75, 3.05) is 25.4 Å². The van der Waals surface area contributed by atoms with Gasteiger partial charge in [0.05, 0.1) is 10.5 Å². The van der Waals surface area contributed by atoms with Crippen LogP contribution in [0, 0.1) is 23.0 Å². The zero-order valence-corrected chi connectivity index (χ0v) is 11.8. The van der Waals surface area contributed by atoms with Gasteiger partial charge in [-0.3, -0.25) is 14.9 Å². The highest BCUT2D eigenvalue weighted by molar-refractivity contribution is 6.01. The van der Waals surface area contributed by atoms with Gasteiger partial charge in [0.2, 0.25) is 0 Å². The number of nitro benzene ring substituents is 1. The number of halogens is 1. The van der Waals surface area contributed by atoms with Gasteiger partial charge in [-0.25, -0.2) is 0 Å². The molecule has 0 radical (unpaired) electrons. The zero-order chi connectivity index (χ0) is 14.0. The molecule has 1 aromatic carbocycles. The molecule has 1 aliphatic heterocycles. The van der Waals surface area contributed by atoms with Crippen LogP contribution in [0.25, 0.3) is 0 Å². The van der Waals surface area contributed by atoms with Crippen molar-refractivity contribution in [2.24, 2.45) is 5.92 Å². The summed E-state index contributed by atoms with van der Waals surface area (Å²) in [5.41, 5.74) is 6.18. The number of hydrogen-bond acceptors (Lipinski definition) is 5. The van der Waals surface area contributed by atoms with Crippen molar-refractivity contribution >= 4 is 29.7 Å². The SMILES string of the molecule is Cc1cc(C(=O)NCC2CNC2)c(N)c([N+](=O)[O-])c1.Cl. The van der Waals surface area contributed by atoms with E-state index in [1.165, 1.54) is 6.07 Å². The normalized spacial score (nSPS) is 14.1. The number of carbonyl (C=O) groups is 1. The number of anilines is 1. The van der Waals surface area contributed by atoms with E-state index in [1.54, 1.807) is 13.0 Å². The Balaban J connectivity index is 0.00000200. The molecule has 0 aromatic heterocycles. The third-order valence-electron chi connectivity index (χ3n) is 3.16. The molecule has 0 unspecified atom stereocenters. The van der Waals surface area contributed by atoms with Gasteiger partial charge in [-0.2, -0.15) is 0 Å². The maximum absolute atomic E-state index is 12.0. The van der Waals surface area contributed by atoms with Crippen molar-refractivity contribution in [3.63, 3.8) is 0 Å². The smallest absolute Gasteiger partial charge is 0.293 e. The Morgan fingerprint density at radius 1 is 1.55 bits per heavy atom. The van der Waals surface area contributed by atoms with Gasteiger partial charge in [0.25, 0.3) is 11.6 Å². The van der Waals surface area contributed by atoms with E-state index in [4.69, 9.17) is 5.73 Å². The number of nitro groups is 1. The molecule has 1 heterocycles. The van der Waals surface area contributed by atoms with Crippen LogP contribution in [0.15, 0.2) is 12.1 Å². The summed E-state index contributed by atoms with van der Waals surface area (Å²) < 4.78 is 0. The second kappa shape index (κ2) is 6.53. The van der Waals surface area contributed by atoms with Crippen LogP contribution >= 0.6 is 12.4 Å². The third-order valence-corrected chi connectivity index (χ3v) is 3.16. The molecule has 0 saturated carbocycles. The minimum absolute atomic E-state index is 0. The summed E-state index contributed by atoms with van der Waals surface area (Å²) in [6.45, 7) is 4.00. The van der Waals surface area contributed by atoms with Crippen molar-refractivity contribution in [3.05, 3.63) is 33.4 Å². The van der Waals surface area contributed by atoms with Gasteiger partial charge in [-0.1, -0.05) is 0 Å². The Morgan fingerprint density at radius 3 is 2.70 bits per heavy atom. The number of aryl methyl sites for hydroxylation is 1. The molecular weight excluding hydrogens is 284 g/mol. The van der Waals surface area contributed by atoms with Crippen molar-refractivity contribution in [1.82, 2.24) is 10.6 Å². The fourth-order valence-corrected chi connectivity index (χ4v) is 1.94. The molecule has 1 saturated heterocycles. The predicted molar refractivity (Wildman–Crippen MR) is 78.2 cm³/mol. The van der Waals surface area contributed by atoms with Gasteiger partial charge >= 0.3 is 0 Å². The van der Waals surface area contributed by atoms with E-state index in [-0.39, 0.29) is 35.3 Å². The summed E-state index contributed by atoms with van der Waals surface area (Å²) in [5.74, 6) is 0.0566. The Morgan fingerprint density at radius 2 is 2.20 bits per heavy atom. The Kier molecular flexibility index (Phi) is 5.29. The standard InChI is InChI=1S/C12H16N4O3.ClH/c1-7-2-9(11(13)10(3-7)16(18)19)12(17)15-6-8-4-14-5-8;/h2-3,8,14H,4-6,13H2,1H3,(H,15,17);1H. The average Bonchev–Trinajstić information content (AvgIpc) is 2.29. The largest absolute Gasteiger partial charge is 0.393 e.